The lowest BCUT2D eigenvalue weighted by Gasteiger charge is -2.16. The minimum Gasteiger partial charge on any atom is -0.480 e. The second-order valence-electron chi connectivity index (χ2n) is 3.84. The van der Waals surface area contributed by atoms with E-state index in [1.165, 1.54) is 11.8 Å². The molecule has 0 aromatic heterocycles. The normalized spacial score (nSPS) is 20.8. The predicted molar refractivity (Wildman–Crippen MR) is 63.7 cm³/mol. The van der Waals surface area contributed by atoms with Gasteiger partial charge in [0.05, 0.1) is 0 Å². The predicted octanol–water partition coefficient (Wildman–Crippen LogP) is -0.412. The summed E-state index contributed by atoms with van der Waals surface area (Å²) in [6, 6.07) is -1.47. The van der Waals surface area contributed by atoms with Gasteiger partial charge in [0.25, 0.3) is 0 Å². The number of amides is 2. The lowest BCUT2D eigenvalue weighted by molar-refractivity contribution is -0.142. The topological polar surface area (TPSA) is 95.5 Å². The van der Waals surface area contributed by atoms with Crippen LogP contribution in [0.1, 0.15) is 19.3 Å². The fourth-order valence-electron chi connectivity index (χ4n) is 1.58. The first-order valence-corrected chi connectivity index (χ1v) is 6.75. The molecule has 2 amide bonds. The molecule has 0 saturated carbocycles. The summed E-state index contributed by atoms with van der Waals surface area (Å²) in [5.74, 6) is -0.962. The summed E-state index contributed by atoms with van der Waals surface area (Å²) in [6.45, 7) is 0. The number of nitrogens with one attached hydrogen (secondary N) is 2. The van der Waals surface area contributed by atoms with Crippen molar-refractivity contribution in [2.24, 2.45) is 0 Å². The van der Waals surface area contributed by atoms with E-state index in [0.717, 1.165) is 0 Å². The van der Waals surface area contributed by atoms with E-state index in [1.54, 1.807) is 0 Å². The average Bonchev–Trinajstić information content (AvgIpc) is 2.70. The molecule has 6 nitrogen and oxygen atoms in total. The quantitative estimate of drug-likeness (QED) is 0.603. The molecule has 0 aromatic carbocycles. The molecule has 1 unspecified atom stereocenters. The van der Waals surface area contributed by atoms with E-state index in [2.05, 4.69) is 10.6 Å². The van der Waals surface area contributed by atoms with Gasteiger partial charge in [-0.2, -0.15) is 11.8 Å². The van der Waals surface area contributed by atoms with Crippen LogP contribution in [0.2, 0.25) is 0 Å². The molecule has 17 heavy (non-hydrogen) atoms. The van der Waals surface area contributed by atoms with Crippen molar-refractivity contribution in [3.8, 4) is 0 Å². The van der Waals surface area contributed by atoms with Crippen LogP contribution in [0.15, 0.2) is 0 Å². The summed E-state index contributed by atoms with van der Waals surface area (Å²) < 4.78 is 0. The summed E-state index contributed by atoms with van der Waals surface area (Å²) in [7, 11) is 0. The van der Waals surface area contributed by atoms with Crippen LogP contribution in [0.5, 0.6) is 0 Å². The molecular formula is C10H16N2O4S. The Balaban J connectivity index is 2.46. The first kappa shape index (κ1) is 13.8. The van der Waals surface area contributed by atoms with Gasteiger partial charge in [0, 0.05) is 6.42 Å². The third kappa shape index (κ3) is 4.26. The van der Waals surface area contributed by atoms with Gasteiger partial charge in [0.2, 0.25) is 11.8 Å². The molecular weight excluding hydrogens is 244 g/mol. The van der Waals surface area contributed by atoms with E-state index in [-0.39, 0.29) is 5.91 Å². The summed E-state index contributed by atoms with van der Waals surface area (Å²) in [5, 5.41) is 13.9. The van der Waals surface area contributed by atoms with Gasteiger partial charge in [-0.15, -0.1) is 0 Å². The molecule has 1 aliphatic heterocycles. The van der Waals surface area contributed by atoms with E-state index < -0.39 is 24.0 Å². The number of carbonyl (C=O) groups is 3. The summed E-state index contributed by atoms with van der Waals surface area (Å²) in [4.78, 5) is 33.5. The molecule has 1 heterocycles. The van der Waals surface area contributed by atoms with Crippen molar-refractivity contribution >= 4 is 29.5 Å². The molecule has 96 valence electrons. The maximum atomic E-state index is 11.7. The molecule has 7 heteroatoms. The van der Waals surface area contributed by atoms with Gasteiger partial charge in [-0.05, 0) is 24.9 Å². The Hall–Kier alpha value is -1.24. The van der Waals surface area contributed by atoms with Gasteiger partial charge in [0.15, 0.2) is 0 Å². The van der Waals surface area contributed by atoms with Gasteiger partial charge in [0.1, 0.15) is 12.1 Å². The zero-order valence-corrected chi connectivity index (χ0v) is 10.4. The van der Waals surface area contributed by atoms with Crippen LogP contribution in [-0.4, -0.2) is 47.0 Å². The standard InChI is InChI=1S/C10H16N2O4S/c1-17-5-4-7(10(15)16)12-9(14)6-2-3-8(13)11-6/h6-7H,2-5H2,1H3,(H,11,13)(H,12,14)(H,15,16)/t6?,7-/m0/s1. The van der Waals surface area contributed by atoms with Gasteiger partial charge in [-0.25, -0.2) is 4.79 Å². The monoisotopic (exact) mass is 260 g/mol. The molecule has 1 saturated heterocycles. The number of hydrogen-bond donors (Lipinski definition) is 3. The van der Waals surface area contributed by atoms with E-state index >= 15 is 0 Å². The van der Waals surface area contributed by atoms with Crippen LogP contribution < -0.4 is 10.6 Å². The molecule has 0 radical (unpaired) electrons. The number of hydrogen-bond acceptors (Lipinski definition) is 4. The Morgan fingerprint density at radius 3 is 2.82 bits per heavy atom. The molecule has 0 bridgehead atoms. The third-order valence-corrected chi connectivity index (χ3v) is 3.18. The van der Waals surface area contributed by atoms with Crippen LogP contribution in [0.4, 0.5) is 0 Å². The summed E-state index contributed by atoms with van der Waals surface area (Å²) in [5.41, 5.74) is 0. The Morgan fingerprint density at radius 1 is 1.65 bits per heavy atom. The molecule has 0 aliphatic carbocycles. The van der Waals surface area contributed by atoms with Crippen molar-refractivity contribution in [1.29, 1.82) is 0 Å². The summed E-state index contributed by atoms with van der Waals surface area (Å²) in [6.07, 6.45) is 3.00. The maximum absolute atomic E-state index is 11.7. The third-order valence-electron chi connectivity index (χ3n) is 2.54. The number of carboxylic acid groups (broad SMARTS) is 1. The molecule has 0 aromatic rings. The van der Waals surface area contributed by atoms with Crippen molar-refractivity contribution in [3.63, 3.8) is 0 Å². The molecule has 3 N–H and O–H groups in total. The van der Waals surface area contributed by atoms with E-state index in [9.17, 15) is 14.4 Å². The number of thioether (sulfide) groups is 1. The van der Waals surface area contributed by atoms with Crippen LogP contribution in [0, 0.1) is 0 Å². The van der Waals surface area contributed by atoms with Crippen LogP contribution >= 0.6 is 11.8 Å². The second-order valence-corrected chi connectivity index (χ2v) is 4.83. The summed E-state index contributed by atoms with van der Waals surface area (Å²) >= 11 is 1.52. The number of aliphatic carboxylic acids is 1. The zero-order chi connectivity index (χ0) is 12.8. The minimum atomic E-state index is -1.04. The highest BCUT2D eigenvalue weighted by Crippen LogP contribution is 2.08. The van der Waals surface area contributed by atoms with Gasteiger partial charge < -0.3 is 15.7 Å². The van der Waals surface area contributed by atoms with Gasteiger partial charge in [-0.1, -0.05) is 0 Å². The minimum absolute atomic E-state index is 0.166. The Labute approximate surface area is 104 Å². The van der Waals surface area contributed by atoms with Crippen LogP contribution in [-0.2, 0) is 14.4 Å². The fourth-order valence-corrected chi connectivity index (χ4v) is 2.05. The van der Waals surface area contributed by atoms with E-state index in [4.69, 9.17) is 5.11 Å². The molecule has 1 aliphatic rings. The smallest absolute Gasteiger partial charge is 0.326 e. The number of carboxylic acids is 1. The Kier molecular flexibility index (Phi) is 5.27. The molecule has 0 spiro atoms. The first-order chi connectivity index (χ1) is 8.04. The highest BCUT2D eigenvalue weighted by Gasteiger charge is 2.30. The average molecular weight is 260 g/mol. The van der Waals surface area contributed by atoms with Gasteiger partial charge >= 0.3 is 5.97 Å². The van der Waals surface area contributed by atoms with Crippen molar-refractivity contribution in [2.75, 3.05) is 12.0 Å². The molecule has 1 fully saturated rings. The first-order valence-electron chi connectivity index (χ1n) is 5.36. The van der Waals surface area contributed by atoms with Crippen molar-refractivity contribution in [2.45, 2.75) is 31.3 Å². The highest BCUT2D eigenvalue weighted by molar-refractivity contribution is 7.98. The molecule has 1 rings (SSSR count). The van der Waals surface area contributed by atoms with Gasteiger partial charge in [-0.3, -0.25) is 9.59 Å². The Bertz CT molecular complexity index is 321. The maximum Gasteiger partial charge on any atom is 0.326 e. The van der Waals surface area contributed by atoms with Crippen molar-refractivity contribution < 1.29 is 19.5 Å². The fraction of sp³-hybridized carbons (Fsp3) is 0.700. The number of carbonyl (C=O) groups excluding carboxylic acids is 2. The Morgan fingerprint density at radius 2 is 2.35 bits per heavy atom. The highest BCUT2D eigenvalue weighted by atomic mass is 32.2. The van der Waals surface area contributed by atoms with E-state index in [1.807, 2.05) is 6.26 Å². The second kappa shape index (κ2) is 6.48. The van der Waals surface area contributed by atoms with Crippen LogP contribution in [0.3, 0.4) is 0 Å². The van der Waals surface area contributed by atoms with Crippen molar-refractivity contribution in [3.05, 3.63) is 0 Å². The zero-order valence-electron chi connectivity index (χ0n) is 9.56. The number of rotatable bonds is 6. The lowest BCUT2D eigenvalue weighted by atomic mass is 10.1. The van der Waals surface area contributed by atoms with E-state index in [0.29, 0.717) is 25.0 Å². The largest absolute Gasteiger partial charge is 0.480 e. The lowest BCUT2D eigenvalue weighted by Crippen LogP contribution is -2.48. The van der Waals surface area contributed by atoms with Crippen molar-refractivity contribution in [1.82, 2.24) is 10.6 Å². The van der Waals surface area contributed by atoms with Crippen LogP contribution in [0.25, 0.3) is 0 Å². The SMILES string of the molecule is CSCC[C@H](NC(=O)C1CCC(=O)N1)C(=O)O. The molecule has 2 atom stereocenters.